The summed E-state index contributed by atoms with van der Waals surface area (Å²) in [5, 5.41) is 2.22. The molecule has 62 valence electrons. The van der Waals surface area contributed by atoms with E-state index in [1.807, 2.05) is 0 Å². The highest BCUT2D eigenvalue weighted by Crippen LogP contribution is 2.22. The quantitative estimate of drug-likeness (QED) is 0.656. The SMILES string of the molecule is CCC[C@@H](NC)C(F)(F)F. The molecule has 0 unspecified atom stereocenters. The lowest BCUT2D eigenvalue weighted by atomic mass is 10.2. The van der Waals surface area contributed by atoms with E-state index in [-0.39, 0.29) is 6.42 Å². The van der Waals surface area contributed by atoms with E-state index in [9.17, 15) is 13.2 Å². The van der Waals surface area contributed by atoms with Crippen molar-refractivity contribution in [2.24, 2.45) is 0 Å². The molecule has 0 aliphatic heterocycles. The van der Waals surface area contributed by atoms with E-state index in [1.54, 1.807) is 6.92 Å². The van der Waals surface area contributed by atoms with Gasteiger partial charge in [-0.25, -0.2) is 0 Å². The topological polar surface area (TPSA) is 12.0 Å². The van der Waals surface area contributed by atoms with Crippen molar-refractivity contribution < 1.29 is 13.2 Å². The molecule has 1 nitrogen and oxygen atoms in total. The average molecular weight is 155 g/mol. The van der Waals surface area contributed by atoms with Gasteiger partial charge in [0, 0.05) is 0 Å². The van der Waals surface area contributed by atoms with Gasteiger partial charge in [0.05, 0.1) is 0 Å². The molecular weight excluding hydrogens is 143 g/mol. The molecule has 0 radical (unpaired) electrons. The first kappa shape index (κ1) is 9.75. The van der Waals surface area contributed by atoms with Crippen LogP contribution in [0.2, 0.25) is 0 Å². The van der Waals surface area contributed by atoms with Gasteiger partial charge >= 0.3 is 6.18 Å². The third kappa shape index (κ3) is 3.06. The first-order chi connectivity index (χ1) is 4.52. The lowest BCUT2D eigenvalue weighted by molar-refractivity contribution is -0.155. The summed E-state index contributed by atoms with van der Waals surface area (Å²) in [5.41, 5.74) is 0. The molecule has 0 saturated carbocycles. The molecule has 4 heteroatoms. The van der Waals surface area contributed by atoms with Gasteiger partial charge in [-0.1, -0.05) is 13.3 Å². The van der Waals surface area contributed by atoms with Crippen molar-refractivity contribution in [1.29, 1.82) is 0 Å². The zero-order chi connectivity index (χ0) is 8.20. The van der Waals surface area contributed by atoms with Gasteiger partial charge in [-0.2, -0.15) is 13.2 Å². The minimum absolute atomic E-state index is 0.153. The maximum atomic E-state index is 11.8. The van der Waals surface area contributed by atoms with Gasteiger partial charge < -0.3 is 5.32 Å². The largest absolute Gasteiger partial charge is 0.403 e. The molecule has 0 fully saturated rings. The van der Waals surface area contributed by atoms with Gasteiger partial charge in [-0.3, -0.25) is 0 Å². The normalized spacial score (nSPS) is 15.3. The molecule has 0 amide bonds. The van der Waals surface area contributed by atoms with Gasteiger partial charge in [0.15, 0.2) is 0 Å². The van der Waals surface area contributed by atoms with Gasteiger partial charge in [-0.15, -0.1) is 0 Å². The van der Waals surface area contributed by atoms with Crippen LogP contribution in [0.5, 0.6) is 0 Å². The molecule has 0 heterocycles. The van der Waals surface area contributed by atoms with Crippen molar-refractivity contribution in [2.75, 3.05) is 7.05 Å². The first-order valence-corrected chi connectivity index (χ1v) is 3.26. The predicted octanol–water partition coefficient (Wildman–Crippen LogP) is 1.94. The highest BCUT2D eigenvalue weighted by molar-refractivity contribution is 4.71. The number of alkyl halides is 3. The highest BCUT2D eigenvalue weighted by Gasteiger charge is 2.37. The molecule has 0 saturated heterocycles. The first-order valence-electron chi connectivity index (χ1n) is 3.26. The molecule has 10 heavy (non-hydrogen) atoms. The average Bonchev–Trinajstić information content (AvgIpc) is 1.80. The van der Waals surface area contributed by atoms with E-state index in [0.29, 0.717) is 6.42 Å². The Hall–Kier alpha value is -0.250. The lowest BCUT2D eigenvalue weighted by Gasteiger charge is -2.18. The minimum Gasteiger partial charge on any atom is -0.309 e. The molecule has 0 aromatic rings. The molecule has 0 aliphatic carbocycles. The van der Waals surface area contributed by atoms with Crippen LogP contribution in [0, 0.1) is 0 Å². The molecule has 0 spiro atoms. The molecule has 1 N–H and O–H groups in total. The smallest absolute Gasteiger partial charge is 0.309 e. The maximum Gasteiger partial charge on any atom is 0.403 e. The fraction of sp³-hybridized carbons (Fsp3) is 1.00. The van der Waals surface area contributed by atoms with Crippen molar-refractivity contribution in [3.05, 3.63) is 0 Å². The summed E-state index contributed by atoms with van der Waals surface area (Å²) in [6.07, 6.45) is -3.39. The van der Waals surface area contributed by atoms with Gasteiger partial charge in [-0.05, 0) is 13.5 Å². The molecule has 1 atom stereocenters. The Morgan fingerprint density at radius 2 is 1.90 bits per heavy atom. The number of nitrogens with one attached hydrogen (secondary N) is 1. The Morgan fingerprint density at radius 3 is 2.00 bits per heavy atom. The Balaban J connectivity index is 3.81. The van der Waals surface area contributed by atoms with Crippen LogP contribution < -0.4 is 5.32 Å². The predicted molar refractivity (Wildman–Crippen MR) is 33.8 cm³/mol. The van der Waals surface area contributed by atoms with Crippen LogP contribution in [0.25, 0.3) is 0 Å². The van der Waals surface area contributed by atoms with Crippen molar-refractivity contribution in [3.63, 3.8) is 0 Å². The Kier molecular flexibility index (Phi) is 3.71. The second-order valence-corrected chi connectivity index (χ2v) is 2.17. The molecule has 0 rings (SSSR count). The van der Waals surface area contributed by atoms with Gasteiger partial charge in [0.2, 0.25) is 0 Å². The molecule has 0 aromatic heterocycles. The van der Waals surface area contributed by atoms with Gasteiger partial charge in [0.25, 0.3) is 0 Å². The van der Waals surface area contributed by atoms with E-state index in [1.165, 1.54) is 7.05 Å². The van der Waals surface area contributed by atoms with Crippen molar-refractivity contribution in [2.45, 2.75) is 32.0 Å². The number of hydrogen-bond acceptors (Lipinski definition) is 1. The van der Waals surface area contributed by atoms with Gasteiger partial charge in [0.1, 0.15) is 6.04 Å². The lowest BCUT2D eigenvalue weighted by Crippen LogP contribution is -2.39. The molecule has 0 bridgehead atoms. The van der Waals surface area contributed by atoms with Crippen LogP contribution in [0.4, 0.5) is 13.2 Å². The number of halogens is 3. The zero-order valence-electron chi connectivity index (χ0n) is 6.13. The minimum atomic E-state index is -4.09. The van der Waals surface area contributed by atoms with E-state index >= 15 is 0 Å². The standard InChI is InChI=1S/C6H12F3N/c1-3-4-5(10-2)6(7,8)9/h5,10H,3-4H2,1-2H3/t5-/m1/s1. The fourth-order valence-electron chi connectivity index (χ4n) is 0.760. The third-order valence-electron chi connectivity index (χ3n) is 1.32. The van der Waals surface area contributed by atoms with Crippen LogP contribution in [0.3, 0.4) is 0 Å². The molecular formula is C6H12F3N. The van der Waals surface area contributed by atoms with Crippen molar-refractivity contribution in [3.8, 4) is 0 Å². The Bertz CT molecular complexity index is 89.5. The maximum absolute atomic E-state index is 11.8. The van der Waals surface area contributed by atoms with Crippen molar-refractivity contribution >= 4 is 0 Å². The second-order valence-electron chi connectivity index (χ2n) is 2.17. The zero-order valence-corrected chi connectivity index (χ0v) is 6.13. The summed E-state index contributed by atoms with van der Waals surface area (Å²) in [4.78, 5) is 0. The summed E-state index contributed by atoms with van der Waals surface area (Å²) in [7, 11) is 1.33. The third-order valence-corrected chi connectivity index (χ3v) is 1.32. The Labute approximate surface area is 58.6 Å². The number of hydrogen-bond donors (Lipinski definition) is 1. The van der Waals surface area contributed by atoms with E-state index < -0.39 is 12.2 Å². The summed E-state index contributed by atoms with van der Waals surface area (Å²) in [6, 6.07) is -1.34. The van der Waals surface area contributed by atoms with Crippen molar-refractivity contribution in [1.82, 2.24) is 5.32 Å². The number of rotatable bonds is 3. The molecule has 0 aromatic carbocycles. The van der Waals surface area contributed by atoms with E-state index in [2.05, 4.69) is 5.32 Å². The molecule has 0 aliphatic rings. The summed E-state index contributed by atoms with van der Waals surface area (Å²) in [6.45, 7) is 1.73. The second kappa shape index (κ2) is 3.81. The summed E-state index contributed by atoms with van der Waals surface area (Å²) >= 11 is 0. The van der Waals surface area contributed by atoms with E-state index in [0.717, 1.165) is 0 Å². The highest BCUT2D eigenvalue weighted by atomic mass is 19.4. The monoisotopic (exact) mass is 155 g/mol. The van der Waals surface area contributed by atoms with Crippen LogP contribution in [-0.4, -0.2) is 19.3 Å². The van der Waals surface area contributed by atoms with Crippen LogP contribution in [0.15, 0.2) is 0 Å². The Morgan fingerprint density at radius 1 is 1.40 bits per heavy atom. The fourth-order valence-corrected chi connectivity index (χ4v) is 0.760. The summed E-state index contributed by atoms with van der Waals surface area (Å²) < 4.78 is 35.5. The summed E-state index contributed by atoms with van der Waals surface area (Å²) in [5.74, 6) is 0. The van der Waals surface area contributed by atoms with Crippen LogP contribution in [-0.2, 0) is 0 Å². The van der Waals surface area contributed by atoms with E-state index in [4.69, 9.17) is 0 Å². The van der Waals surface area contributed by atoms with Crippen LogP contribution >= 0.6 is 0 Å². The van der Waals surface area contributed by atoms with Crippen LogP contribution in [0.1, 0.15) is 19.8 Å².